The molecule has 7 nitrogen and oxygen atoms in total. The minimum Gasteiger partial charge on any atom is -0.469 e. The number of ether oxygens (including phenoxy) is 1. The lowest BCUT2D eigenvalue weighted by molar-refractivity contribution is -0.140. The molecule has 3 rings (SSSR count). The summed E-state index contributed by atoms with van der Waals surface area (Å²) in [6, 6.07) is 15.3. The number of nitrogens with zero attached hydrogens (tertiary/aromatic N) is 3. The maximum atomic E-state index is 11.2. The van der Waals surface area contributed by atoms with Gasteiger partial charge in [-0.2, -0.15) is 5.10 Å². The van der Waals surface area contributed by atoms with Crippen molar-refractivity contribution in [3.63, 3.8) is 0 Å². The third kappa shape index (κ3) is 5.75. The molecule has 0 bridgehead atoms. The molecule has 1 aliphatic heterocycles. The molecule has 0 aliphatic carbocycles. The van der Waals surface area contributed by atoms with Crippen LogP contribution in [0.1, 0.15) is 30.4 Å². The smallest absolute Gasteiger partial charge is 0.305 e. The number of aliphatic hydroxyl groups excluding tert-OH is 1. The highest BCUT2D eigenvalue weighted by atomic mass is 35.5. The van der Waals surface area contributed by atoms with Crippen molar-refractivity contribution in [2.45, 2.75) is 19.3 Å². The third-order valence-corrected chi connectivity index (χ3v) is 4.74. The highest BCUT2D eigenvalue weighted by molar-refractivity contribution is 6.31. The Bertz CT molecular complexity index is 987. The number of halogens is 1. The molecular formula is C22H23ClN4O3. The quantitative estimate of drug-likeness (QED) is 0.402. The van der Waals surface area contributed by atoms with Crippen LogP contribution in [0.2, 0.25) is 5.02 Å². The fourth-order valence-electron chi connectivity index (χ4n) is 2.97. The summed E-state index contributed by atoms with van der Waals surface area (Å²) in [5, 5.41) is 14.4. The zero-order chi connectivity index (χ0) is 21.3. The second-order valence-electron chi connectivity index (χ2n) is 6.63. The van der Waals surface area contributed by atoms with Crippen LogP contribution in [0.4, 0.5) is 5.69 Å². The number of methoxy groups -OCH3 is 1. The van der Waals surface area contributed by atoms with Crippen LogP contribution in [0.3, 0.4) is 0 Å². The van der Waals surface area contributed by atoms with E-state index in [9.17, 15) is 9.90 Å². The van der Waals surface area contributed by atoms with Gasteiger partial charge in [-0.3, -0.25) is 15.2 Å². The lowest BCUT2D eigenvalue weighted by atomic mass is 10.0. The first-order valence-corrected chi connectivity index (χ1v) is 9.95. The lowest BCUT2D eigenvalue weighted by Crippen LogP contribution is -2.23. The molecule has 0 fully saturated rings. The molecule has 1 heterocycles. The van der Waals surface area contributed by atoms with E-state index in [4.69, 9.17) is 16.6 Å². The predicted octanol–water partition coefficient (Wildman–Crippen LogP) is 3.50. The molecule has 0 atom stereocenters. The molecule has 0 saturated heterocycles. The van der Waals surface area contributed by atoms with Gasteiger partial charge in [-0.1, -0.05) is 41.9 Å². The molecule has 2 N–H and O–H groups in total. The van der Waals surface area contributed by atoms with Crippen LogP contribution < -0.4 is 5.43 Å². The SMILES string of the molecule is COC(=O)CCC/C(CO)=N\NC1=Nc2ccc(Cl)cc2C(c2ccccc2)=NC1. The Morgan fingerprint density at radius 1 is 1.23 bits per heavy atom. The van der Waals surface area contributed by atoms with Crippen LogP contribution in [0.15, 0.2) is 63.6 Å². The molecule has 2 aromatic rings. The van der Waals surface area contributed by atoms with E-state index >= 15 is 0 Å². The van der Waals surface area contributed by atoms with Crippen molar-refractivity contribution < 1.29 is 14.6 Å². The lowest BCUT2D eigenvalue weighted by Gasteiger charge is -2.08. The highest BCUT2D eigenvalue weighted by Crippen LogP contribution is 2.28. The van der Waals surface area contributed by atoms with E-state index in [0.717, 1.165) is 22.5 Å². The van der Waals surface area contributed by atoms with Crippen molar-refractivity contribution in [3.05, 3.63) is 64.7 Å². The second kappa shape index (κ2) is 10.7. The number of aliphatic hydroxyl groups is 1. The van der Waals surface area contributed by atoms with Crippen molar-refractivity contribution in [3.8, 4) is 0 Å². The summed E-state index contributed by atoms with van der Waals surface area (Å²) in [7, 11) is 1.35. The molecule has 156 valence electrons. The molecule has 0 radical (unpaired) electrons. The number of nitrogens with one attached hydrogen (secondary N) is 1. The number of aliphatic imine (C=N–C) groups is 2. The van der Waals surface area contributed by atoms with Gasteiger partial charge in [0.05, 0.1) is 37.4 Å². The third-order valence-electron chi connectivity index (χ3n) is 4.50. The number of hydrazone groups is 1. The summed E-state index contributed by atoms with van der Waals surface area (Å²) >= 11 is 6.22. The Morgan fingerprint density at radius 2 is 2.03 bits per heavy atom. The zero-order valence-corrected chi connectivity index (χ0v) is 17.4. The number of fused-ring (bicyclic) bond motifs is 1. The number of benzene rings is 2. The van der Waals surface area contributed by atoms with Crippen molar-refractivity contribution in [2.24, 2.45) is 15.1 Å². The molecular weight excluding hydrogens is 404 g/mol. The molecule has 0 amide bonds. The van der Waals surface area contributed by atoms with E-state index in [0.29, 0.717) is 36.0 Å². The van der Waals surface area contributed by atoms with Gasteiger partial charge in [-0.15, -0.1) is 0 Å². The summed E-state index contributed by atoms with van der Waals surface area (Å²) in [5.74, 6) is 0.259. The van der Waals surface area contributed by atoms with E-state index < -0.39 is 0 Å². The first-order valence-electron chi connectivity index (χ1n) is 9.57. The molecule has 30 heavy (non-hydrogen) atoms. The van der Waals surface area contributed by atoms with Gasteiger partial charge in [0.2, 0.25) is 0 Å². The number of hydrogen-bond acceptors (Lipinski definition) is 7. The molecule has 1 aliphatic rings. The van der Waals surface area contributed by atoms with E-state index in [2.05, 4.69) is 20.3 Å². The molecule has 0 saturated carbocycles. The number of esters is 1. The van der Waals surface area contributed by atoms with Crippen LogP contribution in [-0.2, 0) is 9.53 Å². The average Bonchev–Trinajstić information content (AvgIpc) is 2.95. The summed E-state index contributed by atoms with van der Waals surface area (Å²) in [5.41, 5.74) is 6.79. The minimum atomic E-state index is -0.286. The van der Waals surface area contributed by atoms with Crippen LogP contribution in [0.5, 0.6) is 0 Å². The Kier molecular flexibility index (Phi) is 7.70. The number of carbonyl (C=O) groups is 1. The normalized spacial score (nSPS) is 13.6. The van der Waals surface area contributed by atoms with Crippen molar-refractivity contribution in [2.75, 3.05) is 20.3 Å². The Morgan fingerprint density at radius 3 is 2.77 bits per heavy atom. The molecule has 0 unspecified atom stereocenters. The summed E-state index contributed by atoms with van der Waals surface area (Å²) in [6.45, 7) is 0.0765. The first-order chi connectivity index (χ1) is 14.6. The largest absolute Gasteiger partial charge is 0.469 e. The average molecular weight is 427 g/mol. The van der Waals surface area contributed by atoms with E-state index in [1.54, 1.807) is 6.07 Å². The second-order valence-corrected chi connectivity index (χ2v) is 7.06. The van der Waals surface area contributed by atoms with Crippen LogP contribution in [-0.4, -0.2) is 48.6 Å². The number of rotatable bonds is 7. The number of amidine groups is 1. The monoisotopic (exact) mass is 426 g/mol. The molecule has 0 spiro atoms. The highest BCUT2D eigenvalue weighted by Gasteiger charge is 2.16. The minimum absolute atomic E-state index is 0.216. The van der Waals surface area contributed by atoms with E-state index in [1.807, 2.05) is 42.5 Å². The van der Waals surface area contributed by atoms with Gasteiger partial charge in [0, 0.05) is 22.6 Å². The van der Waals surface area contributed by atoms with Gasteiger partial charge in [0.1, 0.15) is 5.84 Å². The van der Waals surface area contributed by atoms with Gasteiger partial charge >= 0.3 is 5.97 Å². The summed E-state index contributed by atoms with van der Waals surface area (Å²) < 4.78 is 4.62. The van der Waals surface area contributed by atoms with Crippen molar-refractivity contribution in [1.29, 1.82) is 0 Å². The number of hydrogen-bond donors (Lipinski definition) is 2. The van der Waals surface area contributed by atoms with Crippen molar-refractivity contribution in [1.82, 2.24) is 5.43 Å². The number of carbonyl (C=O) groups excluding carboxylic acids is 1. The Hall–Kier alpha value is -3.03. The molecule has 8 heteroatoms. The Balaban J connectivity index is 1.81. The summed E-state index contributed by atoms with van der Waals surface area (Å²) in [6.07, 6.45) is 1.28. The fourth-order valence-corrected chi connectivity index (χ4v) is 3.14. The standard InChI is InChI=1S/C22H23ClN4O3/c1-30-21(29)9-5-8-17(14-28)26-27-20-13-24-22(15-6-3-2-4-7-15)18-12-16(23)10-11-19(18)25-20/h2-4,6-7,10-12,28H,5,8-9,13-14H2,1H3,(H,25,27)/b26-17+. The maximum absolute atomic E-state index is 11.2. The van der Waals surface area contributed by atoms with Gasteiger partial charge in [-0.05, 0) is 31.0 Å². The molecule has 2 aromatic carbocycles. The van der Waals surface area contributed by atoms with Crippen LogP contribution in [0, 0.1) is 0 Å². The van der Waals surface area contributed by atoms with E-state index in [1.165, 1.54) is 7.11 Å². The van der Waals surface area contributed by atoms with Gasteiger partial charge in [-0.25, -0.2) is 4.99 Å². The van der Waals surface area contributed by atoms with Gasteiger partial charge < -0.3 is 9.84 Å². The predicted molar refractivity (Wildman–Crippen MR) is 119 cm³/mol. The van der Waals surface area contributed by atoms with E-state index in [-0.39, 0.29) is 19.0 Å². The molecule has 0 aromatic heterocycles. The van der Waals surface area contributed by atoms with Crippen LogP contribution >= 0.6 is 11.6 Å². The first kappa shape index (κ1) is 21.7. The topological polar surface area (TPSA) is 95.6 Å². The maximum Gasteiger partial charge on any atom is 0.305 e. The fraction of sp³-hybridized carbons (Fsp3) is 0.273. The van der Waals surface area contributed by atoms with Gasteiger partial charge in [0.25, 0.3) is 0 Å². The van der Waals surface area contributed by atoms with Gasteiger partial charge in [0.15, 0.2) is 0 Å². The Labute approximate surface area is 180 Å². The van der Waals surface area contributed by atoms with Crippen LogP contribution in [0.25, 0.3) is 0 Å². The van der Waals surface area contributed by atoms with Crippen molar-refractivity contribution >= 4 is 40.5 Å². The zero-order valence-electron chi connectivity index (χ0n) is 16.6. The summed E-state index contributed by atoms with van der Waals surface area (Å²) in [4.78, 5) is 20.6.